The van der Waals surface area contributed by atoms with Gasteiger partial charge in [-0.25, -0.2) is 4.79 Å². The molecule has 0 unspecified atom stereocenters. The van der Waals surface area contributed by atoms with Crippen molar-refractivity contribution < 1.29 is 19.1 Å². The molecule has 0 aromatic heterocycles. The van der Waals surface area contributed by atoms with Crippen molar-refractivity contribution in [1.82, 2.24) is 4.90 Å². The van der Waals surface area contributed by atoms with Gasteiger partial charge < -0.3 is 9.47 Å². The Morgan fingerprint density at radius 3 is 2.55 bits per heavy atom. The molecule has 3 fully saturated rings. The van der Waals surface area contributed by atoms with Crippen molar-refractivity contribution in [2.75, 3.05) is 13.2 Å². The second-order valence-electron chi connectivity index (χ2n) is 17.3. The van der Waals surface area contributed by atoms with Gasteiger partial charge in [0.15, 0.2) is 0 Å². The zero-order chi connectivity index (χ0) is 33.3. The van der Waals surface area contributed by atoms with Crippen LogP contribution in [-0.2, 0) is 27.4 Å². The highest BCUT2D eigenvalue weighted by molar-refractivity contribution is 5.90. The van der Waals surface area contributed by atoms with Gasteiger partial charge in [-0.2, -0.15) is 0 Å². The highest BCUT2D eigenvalue weighted by Crippen LogP contribution is 2.67. The van der Waals surface area contributed by atoms with Crippen LogP contribution in [-0.4, -0.2) is 36.1 Å². The van der Waals surface area contributed by atoms with Gasteiger partial charge >= 0.3 is 11.9 Å². The van der Waals surface area contributed by atoms with Gasteiger partial charge in [-0.15, -0.1) is 0 Å². The molecule has 5 aliphatic rings. The molecule has 0 spiro atoms. The van der Waals surface area contributed by atoms with E-state index in [-0.39, 0.29) is 30.0 Å². The van der Waals surface area contributed by atoms with Gasteiger partial charge in [-0.3, -0.25) is 9.69 Å². The second-order valence-corrected chi connectivity index (χ2v) is 17.3. The van der Waals surface area contributed by atoms with Crippen molar-refractivity contribution in [3.8, 4) is 0 Å². The molecule has 47 heavy (non-hydrogen) atoms. The third-order valence-electron chi connectivity index (χ3n) is 13.9. The molecule has 5 heteroatoms. The first-order valence-corrected chi connectivity index (χ1v) is 19.4. The maximum absolute atomic E-state index is 13.4. The number of fused-ring (bicyclic) bond motifs is 6. The smallest absolute Gasteiger partial charge is 0.338 e. The first-order chi connectivity index (χ1) is 22.5. The third kappa shape index (κ3) is 7.12. The Labute approximate surface area is 285 Å². The van der Waals surface area contributed by atoms with Crippen molar-refractivity contribution in [2.24, 2.45) is 46.3 Å². The summed E-state index contributed by atoms with van der Waals surface area (Å²) < 4.78 is 11.6. The molecule has 0 bridgehead atoms. The van der Waals surface area contributed by atoms with Crippen LogP contribution in [0.3, 0.4) is 0 Å². The molecule has 0 saturated heterocycles. The van der Waals surface area contributed by atoms with E-state index in [9.17, 15) is 9.59 Å². The average Bonchev–Trinajstić information content (AvgIpc) is 3.60. The summed E-state index contributed by atoms with van der Waals surface area (Å²) in [5.41, 5.74) is 5.25. The fourth-order valence-corrected chi connectivity index (χ4v) is 11.2. The molecular formula is C42H63NO4. The monoisotopic (exact) mass is 645 g/mol. The number of hydrogen-bond acceptors (Lipinski definition) is 5. The quantitative estimate of drug-likeness (QED) is 0.129. The van der Waals surface area contributed by atoms with Crippen LogP contribution in [0.5, 0.6) is 0 Å². The standard InChI is InChI=1S/C42H63NO4/c1-7-8-22-46-39(44)27-43-25-31-13-12-30(23-32(31)26-43)40(45)47-34-18-20-41(5)33(24-34)14-15-35-37-17-16-36(29(4)11-9-10-28(2)3)42(37,6)21-19-38(35)41/h12-14,23,28-29,34-38H,7-11,15-22,24-27H2,1-6H3/t29-,34+,35+,36-,37+,38+,41+,42-/m1/s1. The van der Waals surface area contributed by atoms with E-state index in [4.69, 9.17) is 9.47 Å². The first kappa shape index (κ1) is 34.7. The number of nitrogens with zero attached hydrogens (tertiary/aromatic N) is 1. The number of carbonyl (C=O) groups excluding carboxylic acids is 2. The Hall–Kier alpha value is -2.14. The molecule has 0 N–H and O–H groups in total. The minimum atomic E-state index is -0.207. The molecule has 1 aliphatic heterocycles. The van der Waals surface area contributed by atoms with Crippen LogP contribution in [0.2, 0.25) is 0 Å². The molecule has 1 heterocycles. The van der Waals surface area contributed by atoms with Crippen LogP contribution in [0.15, 0.2) is 29.8 Å². The molecule has 1 aromatic carbocycles. The van der Waals surface area contributed by atoms with Gasteiger partial charge in [0.1, 0.15) is 6.10 Å². The van der Waals surface area contributed by atoms with E-state index >= 15 is 0 Å². The number of carbonyl (C=O) groups is 2. The van der Waals surface area contributed by atoms with E-state index in [0.717, 1.165) is 73.2 Å². The van der Waals surface area contributed by atoms with Crippen molar-refractivity contribution in [2.45, 2.75) is 144 Å². The Balaban J connectivity index is 1.04. The summed E-state index contributed by atoms with van der Waals surface area (Å²) in [5.74, 6) is 4.64. The molecule has 6 rings (SSSR count). The highest BCUT2D eigenvalue weighted by atomic mass is 16.5. The van der Waals surface area contributed by atoms with E-state index in [1.54, 1.807) is 5.57 Å². The summed E-state index contributed by atoms with van der Waals surface area (Å²) in [4.78, 5) is 27.7. The highest BCUT2D eigenvalue weighted by Gasteiger charge is 2.59. The normalized spacial score (nSPS) is 33.8. The molecule has 8 atom stereocenters. The van der Waals surface area contributed by atoms with Crippen LogP contribution in [0.25, 0.3) is 0 Å². The fourth-order valence-electron chi connectivity index (χ4n) is 11.2. The Kier molecular flexibility index (Phi) is 10.6. The fraction of sp³-hybridized carbons (Fsp3) is 0.762. The first-order valence-electron chi connectivity index (χ1n) is 19.4. The number of unbranched alkanes of at least 4 members (excludes halogenated alkanes) is 1. The molecular weight excluding hydrogens is 582 g/mol. The second kappa shape index (κ2) is 14.4. The van der Waals surface area contributed by atoms with Crippen LogP contribution in [0.4, 0.5) is 0 Å². The largest absolute Gasteiger partial charge is 0.465 e. The lowest BCUT2D eigenvalue weighted by molar-refractivity contribution is -0.145. The minimum Gasteiger partial charge on any atom is -0.465 e. The average molecular weight is 646 g/mol. The van der Waals surface area contributed by atoms with Gasteiger partial charge in [-0.1, -0.05) is 84.9 Å². The van der Waals surface area contributed by atoms with Crippen LogP contribution in [0.1, 0.15) is 146 Å². The van der Waals surface area contributed by atoms with E-state index in [2.05, 4.69) is 52.5 Å². The predicted octanol–water partition coefficient (Wildman–Crippen LogP) is 9.91. The Morgan fingerprint density at radius 1 is 0.957 bits per heavy atom. The van der Waals surface area contributed by atoms with Crippen molar-refractivity contribution in [3.63, 3.8) is 0 Å². The van der Waals surface area contributed by atoms with Crippen LogP contribution >= 0.6 is 0 Å². The lowest BCUT2D eigenvalue weighted by Gasteiger charge is -2.58. The number of ether oxygens (including phenoxy) is 2. The van der Waals surface area contributed by atoms with Gasteiger partial charge in [-0.05, 0) is 121 Å². The zero-order valence-electron chi connectivity index (χ0n) is 30.5. The number of esters is 2. The Bertz CT molecular complexity index is 1320. The number of allylic oxidation sites excluding steroid dienone is 1. The van der Waals surface area contributed by atoms with Crippen molar-refractivity contribution in [1.29, 1.82) is 0 Å². The SMILES string of the molecule is CCCCOC(=O)CN1Cc2ccc(C(=O)O[C@H]3CC[C@@]4(C)C(=CC[C@H]5[C@@H]6CC[C@H]([C@H](C)CCCC(C)C)[C@@]6(C)CC[C@@H]54)C3)cc2C1. The summed E-state index contributed by atoms with van der Waals surface area (Å²) in [6.07, 6.45) is 18.5. The van der Waals surface area contributed by atoms with Crippen molar-refractivity contribution in [3.05, 3.63) is 46.5 Å². The molecule has 3 saturated carbocycles. The molecule has 1 aromatic rings. The molecule has 260 valence electrons. The third-order valence-corrected chi connectivity index (χ3v) is 13.9. The minimum absolute atomic E-state index is 0.0441. The number of benzene rings is 1. The van der Waals surface area contributed by atoms with E-state index in [0.29, 0.717) is 30.7 Å². The van der Waals surface area contributed by atoms with Crippen molar-refractivity contribution >= 4 is 11.9 Å². The van der Waals surface area contributed by atoms with Crippen LogP contribution < -0.4 is 0 Å². The van der Waals surface area contributed by atoms with Gasteiger partial charge in [0.2, 0.25) is 0 Å². The summed E-state index contributed by atoms with van der Waals surface area (Å²) in [6.45, 7) is 16.8. The van der Waals surface area contributed by atoms with Gasteiger partial charge in [0.05, 0.1) is 18.7 Å². The van der Waals surface area contributed by atoms with Gasteiger partial charge in [0.25, 0.3) is 0 Å². The maximum Gasteiger partial charge on any atom is 0.338 e. The van der Waals surface area contributed by atoms with E-state index in [1.807, 2.05) is 18.2 Å². The number of hydrogen-bond donors (Lipinski definition) is 0. The van der Waals surface area contributed by atoms with Crippen LogP contribution in [0, 0.1) is 46.3 Å². The Morgan fingerprint density at radius 2 is 1.77 bits per heavy atom. The zero-order valence-corrected chi connectivity index (χ0v) is 30.5. The summed E-state index contributed by atoms with van der Waals surface area (Å²) in [7, 11) is 0. The lowest BCUT2D eigenvalue weighted by atomic mass is 9.47. The molecule has 4 aliphatic carbocycles. The lowest BCUT2D eigenvalue weighted by Crippen LogP contribution is -2.51. The van der Waals surface area contributed by atoms with E-state index < -0.39 is 0 Å². The molecule has 0 radical (unpaired) electrons. The maximum atomic E-state index is 13.4. The molecule has 5 nitrogen and oxygen atoms in total. The topological polar surface area (TPSA) is 55.8 Å². The summed E-state index contributed by atoms with van der Waals surface area (Å²) in [5, 5.41) is 0. The van der Waals surface area contributed by atoms with Gasteiger partial charge in [0, 0.05) is 19.5 Å². The summed E-state index contributed by atoms with van der Waals surface area (Å²) in [6, 6.07) is 5.92. The number of rotatable bonds is 12. The van der Waals surface area contributed by atoms with E-state index in [1.165, 1.54) is 56.9 Å². The predicted molar refractivity (Wildman–Crippen MR) is 189 cm³/mol. The summed E-state index contributed by atoms with van der Waals surface area (Å²) >= 11 is 0. The molecule has 0 amide bonds.